The van der Waals surface area contributed by atoms with Crippen molar-refractivity contribution >= 4 is 35.4 Å². The lowest BCUT2D eigenvalue weighted by molar-refractivity contribution is -0.148. The van der Waals surface area contributed by atoms with Gasteiger partial charge in [-0.05, 0) is 12.8 Å². The van der Waals surface area contributed by atoms with Crippen LogP contribution in [0.1, 0.15) is 77.0 Å². The monoisotopic (exact) mass is 394 g/mol. The average Bonchev–Trinajstić information content (AvgIpc) is 3.14. The summed E-state index contributed by atoms with van der Waals surface area (Å²) in [4.78, 5) is 69.1. The fourth-order valence-electron chi connectivity index (χ4n) is 3.04. The van der Waals surface area contributed by atoms with E-state index in [9.17, 15) is 28.8 Å². The van der Waals surface area contributed by atoms with Crippen molar-refractivity contribution in [3.63, 3.8) is 0 Å². The third-order valence-electron chi connectivity index (χ3n) is 4.63. The van der Waals surface area contributed by atoms with Gasteiger partial charge in [0.25, 0.3) is 0 Å². The van der Waals surface area contributed by atoms with E-state index in [1.54, 1.807) is 0 Å². The molecule has 10 heteroatoms. The predicted molar refractivity (Wildman–Crippen MR) is 95.4 cm³/mol. The lowest BCUT2D eigenvalue weighted by atomic mass is 10.1. The minimum atomic E-state index is -0.374. The van der Waals surface area contributed by atoms with Gasteiger partial charge in [0, 0.05) is 38.5 Å². The topological polar surface area (TPSA) is 133 Å². The molecule has 0 unspecified atom stereocenters. The number of amides is 6. The van der Waals surface area contributed by atoms with Gasteiger partial charge < -0.3 is 0 Å². The Morgan fingerprint density at radius 1 is 0.571 bits per heavy atom. The summed E-state index contributed by atoms with van der Waals surface area (Å²) >= 11 is 0. The molecule has 6 amide bonds. The lowest BCUT2D eigenvalue weighted by Crippen LogP contribution is -2.45. The van der Waals surface area contributed by atoms with Crippen LogP contribution in [-0.2, 0) is 28.8 Å². The highest BCUT2D eigenvalue weighted by Gasteiger charge is 2.31. The van der Waals surface area contributed by atoms with E-state index in [2.05, 4.69) is 10.9 Å². The van der Waals surface area contributed by atoms with Gasteiger partial charge in [-0.2, -0.15) is 10.0 Å². The van der Waals surface area contributed by atoms with E-state index < -0.39 is 0 Å². The molecule has 0 aromatic heterocycles. The number of hydrazine groups is 2. The van der Waals surface area contributed by atoms with Gasteiger partial charge in [-0.1, -0.05) is 25.7 Å². The minimum Gasteiger partial charge on any atom is -0.273 e. The number of unbranched alkanes of at least 4 members (excludes halogenated alkanes) is 5. The number of hydrogen-bond acceptors (Lipinski definition) is 6. The largest absolute Gasteiger partial charge is 0.273 e. The Hall–Kier alpha value is -2.78. The Kier molecular flexibility index (Phi) is 8.09. The maximum Gasteiger partial charge on any atom is 0.248 e. The smallest absolute Gasteiger partial charge is 0.248 e. The first-order valence-corrected chi connectivity index (χ1v) is 9.69. The molecule has 2 aliphatic heterocycles. The van der Waals surface area contributed by atoms with Crippen LogP contribution in [0.15, 0.2) is 0 Å². The van der Waals surface area contributed by atoms with Gasteiger partial charge in [-0.15, -0.1) is 0 Å². The predicted octanol–water partition coefficient (Wildman–Crippen LogP) is 0.468. The van der Waals surface area contributed by atoms with Crippen molar-refractivity contribution in [3.05, 3.63) is 0 Å². The van der Waals surface area contributed by atoms with Gasteiger partial charge >= 0.3 is 0 Å². The van der Waals surface area contributed by atoms with Gasteiger partial charge in [0.1, 0.15) is 0 Å². The number of carbonyl (C=O) groups excluding carboxylic acids is 6. The lowest BCUT2D eigenvalue weighted by Gasteiger charge is -2.14. The molecule has 0 atom stereocenters. The van der Waals surface area contributed by atoms with E-state index in [0.29, 0.717) is 12.8 Å². The summed E-state index contributed by atoms with van der Waals surface area (Å²) in [6.07, 6.45) is 5.83. The molecule has 0 bridgehead atoms. The highest BCUT2D eigenvalue weighted by Crippen LogP contribution is 2.12. The Bertz CT molecular complexity index is 574. The Labute approximate surface area is 162 Å². The molecule has 10 nitrogen and oxygen atoms in total. The van der Waals surface area contributed by atoms with Crippen molar-refractivity contribution in [2.45, 2.75) is 77.0 Å². The van der Waals surface area contributed by atoms with Gasteiger partial charge in [0.05, 0.1) is 0 Å². The molecule has 0 aromatic rings. The van der Waals surface area contributed by atoms with Crippen LogP contribution in [0.4, 0.5) is 0 Å². The molecule has 28 heavy (non-hydrogen) atoms. The zero-order valence-electron chi connectivity index (χ0n) is 15.8. The maximum absolute atomic E-state index is 11.7. The first kappa shape index (κ1) is 21.5. The second-order valence-corrected chi connectivity index (χ2v) is 6.94. The first-order chi connectivity index (χ1) is 13.4. The van der Waals surface area contributed by atoms with Crippen molar-refractivity contribution in [1.29, 1.82) is 0 Å². The van der Waals surface area contributed by atoms with Gasteiger partial charge in [-0.3, -0.25) is 39.6 Å². The van der Waals surface area contributed by atoms with Crippen molar-refractivity contribution < 1.29 is 28.8 Å². The fourth-order valence-corrected chi connectivity index (χ4v) is 3.04. The number of imide groups is 2. The second-order valence-electron chi connectivity index (χ2n) is 6.94. The van der Waals surface area contributed by atoms with Gasteiger partial charge in [-0.25, -0.2) is 0 Å². The van der Waals surface area contributed by atoms with Gasteiger partial charge in [0.2, 0.25) is 35.4 Å². The van der Waals surface area contributed by atoms with E-state index in [0.717, 1.165) is 35.7 Å². The summed E-state index contributed by atoms with van der Waals surface area (Å²) in [5.74, 6) is -2.18. The highest BCUT2D eigenvalue weighted by molar-refractivity contribution is 6.03. The van der Waals surface area contributed by atoms with Crippen molar-refractivity contribution in [3.8, 4) is 0 Å². The molecule has 2 N–H and O–H groups in total. The van der Waals surface area contributed by atoms with Gasteiger partial charge in [0.15, 0.2) is 0 Å². The highest BCUT2D eigenvalue weighted by atomic mass is 16.2. The molecule has 0 saturated carbocycles. The summed E-state index contributed by atoms with van der Waals surface area (Å²) in [7, 11) is 0. The van der Waals surface area contributed by atoms with E-state index in [4.69, 9.17) is 0 Å². The zero-order chi connectivity index (χ0) is 20.5. The number of nitrogens with zero attached hydrogens (tertiary/aromatic N) is 2. The Morgan fingerprint density at radius 3 is 1.18 bits per heavy atom. The van der Waals surface area contributed by atoms with Crippen LogP contribution in [0.25, 0.3) is 0 Å². The van der Waals surface area contributed by atoms with Crippen LogP contribution in [-0.4, -0.2) is 45.5 Å². The average molecular weight is 394 g/mol. The van der Waals surface area contributed by atoms with Crippen molar-refractivity contribution in [1.82, 2.24) is 20.9 Å². The Morgan fingerprint density at radius 2 is 0.857 bits per heavy atom. The summed E-state index contributed by atoms with van der Waals surface area (Å²) < 4.78 is 0. The molecule has 0 aliphatic carbocycles. The van der Waals surface area contributed by atoms with Crippen LogP contribution in [0.3, 0.4) is 0 Å². The number of nitrogens with one attached hydrogen (secondary N) is 2. The van der Waals surface area contributed by atoms with Crippen LogP contribution in [0, 0.1) is 0 Å². The third-order valence-corrected chi connectivity index (χ3v) is 4.63. The third kappa shape index (κ3) is 6.43. The SMILES string of the molecule is O=C(CCCCCCCCC(=O)NN1C(=O)CCC1=O)NN1C(=O)CCC1=O. The molecule has 2 saturated heterocycles. The van der Waals surface area contributed by atoms with E-state index >= 15 is 0 Å². The second kappa shape index (κ2) is 10.5. The molecule has 0 radical (unpaired) electrons. The first-order valence-electron chi connectivity index (χ1n) is 9.69. The summed E-state index contributed by atoms with van der Waals surface area (Å²) in [5.41, 5.74) is 4.67. The summed E-state index contributed by atoms with van der Waals surface area (Å²) in [5, 5.41) is 1.60. The molecule has 154 valence electrons. The molecule has 2 fully saturated rings. The van der Waals surface area contributed by atoms with Crippen LogP contribution >= 0.6 is 0 Å². The molecule has 2 rings (SSSR count). The fraction of sp³-hybridized carbons (Fsp3) is 0.667. The van der Waals surface area contributed by atoms with E-state index in [-0.39, 0.29) is 74.0 Å². The molecule has 0 aromatic carbocycles. The van der Waals surface area contributed by atoms with E-state index in [1.165, 1.54) is 0 Å². The number of rotatable bonds is 11. The van der Waals surface area contributed by atoms with Crippen LogP contribution in [0.5, 0.6) is 0 Å². The maximum atomic E-state index is 11.7. The minimum absolute atomic E-state index is 0.141. The summed E-state index contributed by atoms with van der Waals surface area (Å²) in [6, 6.07) is 0. The molecule has 2 heterocycles. The number of hydrogen-bond donors (Lipinski definition) is 2. The summed E-state index contributed by atoms with van der Waals surface area (Å²) in [6.45, 7) is 0. The Balaban J connectivity index is 1.45. The molecule has 0 spiro atoms. The molecular formula is C18H26N4O6. The van der Waals surface area contributed by atoms with E-state index in [1.807, 2.05) is 0 Å². The molecular weight excluding hydrogens is 368 g/mol. The normalized spacial score (nSPS) is 16.9. The van der Waals surface area contributed by atoms with Crippen LogP contribution in [0.2, 0.25) is 0 Å². The zero-order valence-corrected chi connectivity index (χ0v) is 15.8. The van der Waals surface area contributed by atoms with Crippen molar-refractivity contribution in [2.75, 3.05) is 0 Å². The standard InChI is InChI=1S/C18H26N4O6/c23-13(19-21-15(25)9-10-16(21)26)7-5-3-1-2-4-6-8-14(24)20-22-17(27)11-12-18(22)28/h1-12H2,(H,19,23)(H,20,24). The number of carbonyl (C=O) groups is 6. The van der Waals surface area contributed by atoms with Crippen LogP contribution < -0.4 is 10.9 Å². The molecule has 2 aliphatic rings. The van der Waals surface area contributed by atoms with Crippen molar-refractivity contribution in [2.24, 2.45) is 0 Å². The quantitative estimate of drug-likeness (QED) is 0.387.